The van der Waals surface area contributed by atoms with E-state index in [1.54, 1.807) is 10.8 Å². The Kier molecular flexibility index (Phi) is 4.52. The van der Waals surface area contributed by atoms with Crippen LogP contribution in [0.25, 0.3) is 0 Å². The highest BCUT2D eigenvalue weighted by Gasteiger charge is 2.15. The van der Waals surface area contributed by atoms with E-state index in [2.05, 4.69) is 4.98 Å². The molecule has 0 unspecified atom stereocenters. The fraction of sp³-hybridized carbons (Fsp3) is 0.636. The van der Waals surface area contributed by atoms with Crippen LogP contribution in [0, 0.1) is 10.5 Å². The van der Waals surface area contributed by atoms with Crippen molar-refractivity contribution in [2.24, 2.45) is 0 Å². The summed E-state index contributed by atoms with van der Waals surface area (Å²) in [5.41, 5.74) is 0.00825. The zero-order valence-corrected chi connectivity index (χ0v) is 11.8. The molecule has 1 aliphatic rings. The average Bonchev–Trinajstić information content (AvgIpc) is 2.35. The molecule has 0 radical (unpaired) electrons. The third kappa shape index (κ3) is 3.26. The SMILES string of the molecule is Cc1ncc(I)c(=O)n1CCC1OCCCO1. The zero-order chi connectivity index (χ0) is 12.3. The van der Waals surface area contributed by atoms with Crippen LogP contribution in [0.15, 0.2) is 11.0 Å². The van der Waals surface area contributed by atoms with Crippen molar-refractivity contribution in [2.75, 3.05) is 13.2 Å². The number of hydrogen-bond acceptors (Lipinski definition) is 4. The summed E-state index contributed by atoms with van der Waals surface area (Å²) < 4.78 is 13.2. The van der Waals surface area contributed by atoms with Crippen molar-refractivity contribution < 1.29 is 9.47 Å². The topological polar surface area (TPSA) is 53.4 Å². The molecule has 0 bridgehead atoms. The number of halogens is 1. The van der Waals surface area contributed by atoms with Crippen molar-refractivity contribution in [3.63, 3.8) is 0 Å². The smallest absolute Gasteiger partial charge is 0.266 e. The number of hydrogen-bond donors (Lipinski definition) is 0. The molecule has 1 saturated heterocycles. The second-order valence-corrected chi connectivity index (χ2v) is 5.09. The lowest BCUT2D eigenvalue weighted by molar-refractivity contribution is -0.182. The van der Waals surface area contributed by atoms with Crippen molar-refractivity contribution in [1.29, 1.82) is 0 Å². The molecule has 0 amide bonds. The van der Waals surface area contributed by atoms with Gasteiger partial charge in [0.25, 0.3) is 5.56 Å². The molecule has 1 fully saturated rings. The summed E-state index contributed by atoms with van der Waals surface area (Å²) in [5.74, 6) is 0.728. The minimum atomic E-state index is -0.187. The summed E-state index contributed by atoms with van der Waals surface area (Å²) in [6.45, 7) is 3.89. The van der Waals surface area contributed by atoms with Gasteiger partial charge in [-0.2, -0.15) is 0 Å². The second-order valence-electron chi connectivity index (χ2n) is 3.92. The van der Waals surface area contributed by atoms with Crippen molar-refractivity contribution in [1.82, 2.24) is 9.55 Å². The van der Waals surface area contributed by atoms with Crippen LogP contribution in [0.4, 0.5) is 0 Å². The molecule has 0 N–H and O–H groups in total. The van der Waals surface area contributed by atoms with Crippen LogP contribution in [0.5, 0.6) is 0 Å². The first kappa shape index (κ1) is 13.0. The summed E-state index contributed by atoms with van der Waals surface area (Å²) in [5, 5.41) is 0. The Bertz CT molecular complexity index is 441. The molecule has 0 atom stereocenters. The quantitative estimate of drug-likeness (QED) is 0.772. The van der Waals surface area contributed by atoms with Crippen molar-refractivity contribution >= 4 is 22.6 Å². The van der Waals surface area contributed by atoms with Gasteiger partial charge in [0.05, 0.1) is 16.8 Å². The summed E-state index contributed by atoms with van der Waals surface area (Å²) >= 11 is 2.00. The van der Waals surface area contributed by atoms with Gasteiger partial charge in [0.2, 0.25) is 0 Å². The standard InChI is InChI=1S/C11H15IN2O3/c1-8-13-7-9(12)11(15)14(8)4-3-10-16-5-2-6-17-10/h7,10H,2-6H2,1H3. The van der Waals surface area contributed by atoms with E-state index >= 15 is 0 Å². The predicted octanol–water partition coefficient (Wildman–Crippen LogP) is 1.31. The van der Waals surface area contributed by atoms with Gasteiger partial charge in [-0.05, 0) is 35.9 Å². The average molecular weight is 350 g/mol. The van der Waals surface area contributed by atoms with Crippen LogP contribution in [-0.2, 0) is 16.0 Å². The van der Waals surface area contributed by atoms with Crippen molar-refractivity contribution in [3.8, 4) is 0 Å². The van der Waals surface area contributed by atoms with Gasteiger partial charge in [-0.1, -0.05) is 0 Å². The van der Waals surface area contributed by atoms with Crippen LogP contribution in [0.2, 0.25) is 0 Å². The Morgan fingerprint density at radius 2 is 2.24 bits per heavy atom. The molecule has 0 aromatic carbocycles. The predicted molar refractivity (Wildman–Crippen MR) is 70.9 cm³/mol. The first-order valence-electron chi connectivity index (χ1n) is 5.63. The number of aryl methyl sites for hydroxylation is 1. The molecule has 0 saturated carbocycles. The van der Waals surface area contributed by atoms with Gasteiger partial charge in [0.15, 0.2) is 6.29 Å². The van der Waals surface area contributed by atoms with Crippen LogP contribution >= 0.6 is 22.6 Å². The first-order chi connectivity index (χ1) is 8.18. The maximum atomic E-state index is 11.9. The van der Waals surface area contributed by atoms with Gasteiger partial charge in [0.1, 0.15) is 5.82 Å². The van der Waals surface area contributed by atoms with E-state index in [1.165, 1.54) is 0 Å². The molecule has 1 aromatic rings. The Morgan fingerprint density at radius 3 is 2.94 bits per heavy atom. The first-order valence-corrected chi connectivity index (χ1v) is 6.71. The fourth-order valence-corrected chi connectivity index (χ4v) is 2.18. The largest absolute Gasteiger partial charge is 0.353 e. The van der Waals surface area contributed by atoms with Crippen LogP contribution in [0.1, 0.15) is 18.7 Å². The zero-order valence-electron chi connectivity index (χ0n) is 9.69. The molecule has 17 heavy (non-hydrogen) atoms. The van der Waals surface area contributed by atoms with Gasteiger partial charge in [0, 0.05) is 19.2 Å². The van der Waals surface area contributed by atoms with E-state index in [-0.39, 0.29) is 11.8 Å². The number of nitrogens with zero attached hydrogens (tertiary/aromatic N) is 2. The molecule has 94 valence electrons. The summed E-state index contributed by atoms with van der Waals surface area (Å²) in [4.78, 5) is 16.1. The van der Waals surface area contributed by atoms with E-state index in [9.17, 15) is 4.79 Å². The number of ether oxygens (including phenoxy) is 2. The van der Waals surface area contributed by atoms with Crippen molar-refractivity contribution in [3.05, 3.63) is 25.9 Å². The molecule has 6 heteroatoms. The van der Waals surface area contributed by atoms with Crippen LogP contribution in [0.3, 0.4) is 0 Å². The van der Waals surface area contributed by atoms with E-state index < -0.39 is 0 Å². The van der Waals surface area contributed by atoms with Gasteiger partial charge in [-0.25, -0.2) is 4.98 Å². The lowest BCUT2D eigenvalue weighted by Gasteiger charge is -2.23. The minimum Gasteiger partial charge on any atom is -0.353 e. The highest BCUT2D eigenvalue weighted by atomic mass is 127. The minimum absolute atomic E-state index is 0.00825. The number of rotatable bonds is 3. The summed E-state index contributed by atoms with van der Waals surface area (Å²) in [6, 6.07) is 0. The Labute approximate surface area is 113 Å². The molecule has 0 spiro atoms. The maximum absolute atomic E-state index is 11.9. The monoisotopic (exact) mass is 350 g/mol. The van der Waals surface area contributed by atoms with E-state index in [0.29, 0.717) is 16.5 Å². The van der Waals surface area contributed by atoms with Gasteiger partial charge in [-0.15, -0.1) is 0 Å². The molecule has 1 aliphatic heterocycles. The third-order valence-electron chi connectivity index (χ3n) is 2.69. The van der Waals surface area contributed by atoms with E-state index in [1.807, 2.05) is 29.5 Å². The molecular formula is C11H15IN2O3. The van der Waals surface area contributed by atoms with Crippen LogP contribution < -0.4 is 5.56 Å². The molecular weight excluding hydrogens is 335 g/mol. The highest BCUT2D eigenvalue weighted by Crippen LogP contribution is 2.09. The van der Waals surface area contributed by atoms with E-state index in [4.69, 9.17) is 9.47 Å². The molecule has 5 nitrogen and oxygen atoms in total. The van der Waals surface area contributed by atoms with Crippen molar-refractivity contribution in [2.45, 2.75) is 32.6 Å². The Balaban J connectivity index is 2.03. The van der Waals surface area contributed by atoms with Gasteiger partial charge < -0.3 is 9.47 Å². The summed E-state index contributed by atoms with van der Waals surface area (Å²) in [6.07, 6.45) is 3.04. The number of aromatic nitrogens is 2. The molecule has 0 aliphatic carbocycles. The molecule has 2 rings (SSSR count). The van der Waals surface area contributed by atoms with Crippen LogP contribution in [-0.4, -0.2) is 29.1 Å². The van der Waals surface area contributed by atoms with E-state index in [0.717, 1.165) is 25.5 Å². The Morgan fingerprint density at radius 1 is 1.53 bits per heavy atom. The lowest BCUT2D eigenvalue weighted by atomic mass is 10.3. The Hall–Kier alpha value is -0.470. The second kappa shape index (κ2) is 5.92. The fourth-order valence-electron chi connectivity index (χ4n) is 1.75. The van der Waals surface area contributed by atoms with Gasteiger partial charge >= 0.3 is 0 Å². The summed E-state index contributed by atoms with van der Waals surface area (Å²) in [7, 11) is 0. The molecule has 1 aromatic heterocycles. The third-order valence-corrected chi connectivity index (χ3v) is 3.43. The maximum Gasteiger partial charge on any atom is 0.266 e. The highest BCUT2D eigenvalue weighted by molar-refractivity contribution is 14.1. The normalized spacial score (nSPS) is 17.3. The molecule has 2 heterocycles. The lowest BCUT2D eigenvalue weighted by Crippen LogP contribution is -2.30. The van der Waals surface area contributed by atoms with Gasteiger partial charge in [-0.3, -0.25) is 9.36 Å².